The molecule has 1 heterocycles. The molecule has 2 aromatic carbocycles. The number of benzene rings is 2. The highest BCUT2D eigenvalue weighted by Crippen LogP contribution is 2.19. The van der Waals surface area contributed by atoms with Gasteiger partial charge < -0.3 is 46.5 Å². The molecule has 0 saturated carbocycles. The second kappa shape index (κ2) is 18.3. The molecule has 1 saturated heterocycles. The van der Waals surface area contributed by atoms with Crippen LogP contribution in [0.25, 0.3) is 0 Å². The molecule has 0 spiro atoms. The van der Waals surface area contributed by atoms with Crippen LogP contribution in [0, 0.1) is 10.8 Å². The summed E-state index contributed by atoms with van der Waals surface area (Å²) in [6.45, 7) is 0.626. The van der Waals surface area contributed by atoms with Gasteiger partial charge in [-0.1, -0.05) is 0 Å². The number of hydrogen-bond donors (Lipinski definition) is 7. The Bertz CT molecular complexity index is 1700. The Morgan fingerprint density at radius 2 is 1.38 bits per heavy atom. The standard InChI is InChI=1S/C32H40N10O10/c1-3-52-32(50)42(30(35)36)22-12-8-20(9-13-22)27(47)38-17-24(43)40-16-15-39(18-25(44)45)28(48)23(40)5-4-14-37-26(46)19-6-10-21(11-7-19)41(29(33)34)31(49)51-2/h6-13,23H,3-5,14-18H2,1-2H3,(H3,33,34)(H3,35,36)(H,37,46)(H,38,47)(H,44,45)/t23-/m0/s1. The van der Waals surface area contributed by atoms with Crippen LogP contribution in [0.1, 0.15) is 40.5 Å². The van der Waals surface area contributed by atoms with Crippen molar-refractivity contribution in [3.05, 3.63) is 59.7 Å². The molecule has 3 rings (SSSR count). The van der Waals surface area contributed by atoms with Gasteiger partial charge in [0.05, 0.1) is 31.6 Å². The Morgan fingerprint density at radius 3 is 1.87 bits per heavy atom. The Balaban J connectivity index is 1.62. The number of carboxylic acid groups (broad SMARTS) is 1. The normalized spacial score (nSPS) is 13.7. The molecular formula is C32H40N10O10. The number of hydrogen-bond acceptors (Lipinski definition) is 11. The number of nitrogens with zero attached hydrogens (tertiary/aromatic N) is 4. The van der Waals surface area contributed by atoms with Gasteiger partial charge in [-0.25, -0.2) is 19.4 Å². The predicted molar refractivity (Wildman–Crippen MR) is 185 cm³/mol. The maximum absolute atomic E-state index is 13.3. The number of piperazine rings is 1. The molecular weight excluding hydrogens is 684 g/mol. The lowest BCUT2D eigenvalue weighted by molar-refractivity contribution is -0.155. The third-order valence-corrected chi connectivity index (χ3v) is 7.64. The summed E-state index contributed by atoms with van der Waals surface area (Å²) in [5.41, 5.74) is 11.7. The molecule has 20 heteroatoms. The molecule has 1 aliphatic rings. The van der Waals surface area contributed by atoms with Gasteiger partial charge in [-0.05, 0) is 68.3 Å². The van der Waals surface area contributed by atoms with E-state index in [0.29, 0.717) is 0 Å². The van der Waals surface area contributed by atoms with Gasteiger partial charge in [-0.15, -0.1) is 0 Å². The number of rotatable bonds is 13. The molecule has 9 N–H and O–H groups in total. The summed E-state index contributed by atoms with van der Waals surface area (Å²) >= 11 is 0. The highest BCUT2D eigenvalue weighted by Gasteiger charge is 2.37. The highest BCUT2D eigenvalue weighted by molar-refractivity contribution is 6.13. The van der Waals surface area contributed by atoms with E-state index in [1.165, 1.54) is 53.4 Å². The molecule has 0 aromatic heterocycles. The molecule has 0 unspecified atom stereocenters. The lowest BCUT2D eigenvalue weighted by Crippen LogP contribution is -2.60. The van der Waals surface area contributed by atoms with Crippen LogP contribution in [-0.2, 0) is 23.9 Å². The van der Waals surface area contributed by atoms with Crippen LogP contribution < -0.4 is 31.9 Å². The molecule has 1 atom stereocenters. The minimum atomic E-state index is -1.23. The van der Waals surface area contributed by atoms with Crippen LogP contribution >= 0.6 is 0 Å². The van der Waals surface area contributed by atoms with E-state index in [9.17, 15) is 38.7 Å². The molecule has 2 aromatic rings. The zero-order chi connectivity index (χ0) is 38.5. The quantitative estimate of drug-likeness (QED) is 0.0821. The first-order chi connectivity index (χ1) is 24.7. The molecule has 0 aliphatic carbocycles. The van der Waals surface area contributed by atoms with Crippen molar-refractivity contribution in [3.63, 3.8) is 0 Å². The van der Waals surface area contributed by atoms with Gasteiger partial charge in [-0.3, -0.25) is 34.8 Å². The van der Waals surface area contributed by atoms with Crippen molar-refractivity contribution in [2.45, 2.75) is 25.8 Å². The lowest BCUT2D eigenvalue weighted by atomic mass is 10.0. The second-order valence-corrected chi connectivity index (χ2v) is 11.0. The summed E-state index contributed by atoms with van der Waals surface area (Å²) in [4.78, 5) is 91.6. The maximum Gasteiger partial charge on any atom is 0.421 e. The summed E-state index contributed by atoms with van der Waals surface area (Å²) in [6.07, 6.45) is -1.48. The Morgan fingerprint density at radius 1 is 0.865 bits per heavy atom. The zero-order valence-corrected chi connectivity index (χ0v) is 28.4. The minimum Gasteiger partial charge on any atom is -0.480 e. The number of amides is 6. The van der Waals surface area contributed by atoms with Crippen molar-refractivity contribution in [1.29, 1.82) is 10.8 Å². The Hall–Kier alpha value is -6.73. The van der Waals surface area contributed by atoms with Crippen LogP contribution in [0.4, 0.5) is 21.0 Å². The van der Waals surface area contributed by atoms with Crippen LogP contribution in [0.2, 0.25) is 0 Å². The number of carboxylic acids is 1. The van der Waals surface area contributed by atoms with E-state index in [0.717, 1.165) is 21.8 Å². The summed E-state index contributed by atoms with van der Waals surface area (Å²) in [5, 5.41) is 29.7. The average molecular weight is 725 g/mol. The van der Waals surface area contributed by atoms with E-state index < -0.39 is 72.8 Å². The van der Waals surface area contributed by atoms with Crippen molar-refractivity contribution in [2.75, 3.05) is 56.2 Å². The SMILES string of the molecule is CCOC(=O)N(C(=N)N)c1ccc(C(=O)NCC(=O)N2CCN(CC(=O)O)C(=O)[C@@H]2CCCNC(=O)c2ccc(N(C(=N)N)C(=O)OC)cc2)cc1. The number of ether oxygens (including phenoxy) is 2. The zero-order valence-electron chi connectivity index (χ0n) is 28.4. The van der Waals surface area contributed by atoms with E-state index in [4.69, 9.17) is 27.0 Å². The first-order valence-corrected chi connectivity index (χ1v) is 15.8. The second-order valence-electron chi connectivity index (χ2n) is 11.0. The molecule has 0 bridgehead atoms. The van der Waals surface area contributed by atoms with Crippen LogP contribution in [-0.4, -0.2) is 121 Å². The third kappa shape index (κ3) is 10.2. The number of guanidine groups is 2. The summed E-state index contributed by atoms with van der Waals surface area (Å²) in [5.74, 6) is -4.73. The van der Waals surface area contributed by atoms with Gasteiger partial charge in [0.2, 0.25) is 23.7 Å². The van der Waals surface area contributed by atoms with E-state index in [1.54, 1.807) is 6.92 Å². The Kier molecular flexibility index (Phi) is 14.0. The summed E-state index contributed by atoms with van der Waals surface area (Å²) in [6, 6.07) is 9.99. The average Bonchev–Trinajstić information content (AvgIpc) is 3.10. The van der Waals surface area contributed by atoms with Gasteiger partial charge in [-0.2, -0.15) is 0 Å². The van der Waals surface area contributed by atoms with Crippen molar-refractivity contribution in [2.24, 2.45) is 11.5 Å². The fourth-order valence-electron chi connectivity index (χ4n) is 5.18. The van der Waals surface area contributed by atoms with E-state index in [2.05, 4.69) is 15.4 Å². The molecule has 1 aliphatic heterocycles. The molecule has 52 heavy (non-hydrogen) atoms. The van der Waals surface area contributed by atoms with Gasteiger partial charge >= 0.3 is 18.2 Å². The molecule has 278 valence electrons. The first kappa shape index (κ1) is 39.7. The van der Waals surface area contributed by atoms with Crippen molar-refractivity contribution in [1.82, 2.24) is 20.4 Å². The van der Waals surface area contributed by atoms with Gasteiger partial charge in [0.1, 0.15) is 12.6 Å². The number of nitrogens with two attached hydrogens (primary N) is 2. The molecule has 6 amide bonds. The van der Waals surface area contributed by atoms with Crippen LogP contribution in [0.3, 0.4) is 0 Å². The van der Waals surface area contributed by atoms with E-state index >= 15 is 0 Å². The third-order valence-electron chi connectivity index (χ3n) is 7.64. The monoisotopic (exact) mass is 724 g/mol. The van der Waals surface area contributed by atoms with Crippen LogP contribution in [0.15, 0.2) is 48.5 Å². The Labute approximate surface area is 297 Å². The van der Waals surface area contributed by atoms with E-state index in [1.807, 2.05) is 0 Å². The summed E-state index contributed by atoms with van der Waals surface area (Å²) < 4.78 is 9.51. The molecule has 20 nitrogen and oxygen atoms in total. The molecule has 0 radical (unpaired) electrons. The number of aliphatic carboxylic acids is 1. The van der Waals surface area contributed by atoms with Crippen LogP contribution in [0.5, 0.6) is 0 Å². The minimum absolute atomic E-state index is 0.00336. The first-order valence-electron chi connectivity index (χ1n) is 15.8. The largest absolute Gasteiger partial charge is 0.480 e. The number of carbonyl (C=O) groups is 7. The van der Waals surface area contributed by atoms with Gasteiger partial charge in [0.25, 0.3) is 11.8 Å². The van der Waals surface area contributed by atoms with Gasteiger partial charge in [0.15, 0.2) is 0 Å². The maximum atomic E-state index is 13.3. The topological polar surface area (TPSA) is 295 Å². The van der Waals surface area contributed by atoms with Crippen molar-refractivity contribution < 1.29 is 48.1 Å². The van der Waals surface area contributed by atoms with Crippen molar-refractivity contribution >= 4 is 65.1 Å². The molecule has 1 fully saturated rings. The number of anilines is 2. The van der Waals surface area contributed by atoms with Crippen molar-refractivity contribution in [3.8, 4) is 0 Å². The smallest absolute Gasteiger partial charge is 0.421 e. The summed E-state index contributed by atoms with van der Waals surface area (Å²) in [7, 11) is 1.13. The number of nitrogens with one attached hydrogen (secondary N) is 4. The van der Waals surface area contributed by atoms with E-state index in [-0.39, 0.29) is 61.6 Å². The number of methoxy groups -OCH3 is 1. The number of carbonyl (C=O) groups excluding carboxylic acids is 6. The predicted octanol–water partition coefficient (Wildman–Crippen LogP) is 0.0732. The fourth-order valence-corrected chi connectivity index (χ4v) is 5.18. The fraction of sp³-hybridized carbons (Fsp3) is 0.344. The van der Waals surface area contributed by atoms with Gasteiger partial charge in [0, 0.05) is 30.8 Å². The lowest BCUT2D eigenvalue weighted by Gasteiger charge is -2.40. The highest BCUT2D eigenvalue weighted by atomic mass is 16.6.